The standard InChI is InChI=1S/C22H18O9/c1-11(23)28-15-7-5-14(6-8-15)17-9-16(26)20-18(31-17)10-19(27-4)21(29-12(2)24)22(20)30-13(3)25/h5-10H,1-4H3. The van der Waals surface area contributed by atoms with Crippen LogP contribution in [-0.4, -0.2) is 25.0 Å². The topological polar surface area (TPSA) is 118 Å². The molecule has 0 spiro atoms. The van der Waals surface area contributed by atoms with Crippen LogP contribution >= 0.6 is 0 Å². The van der Waals surface area contributed by atoms with Gasteiger partial charge in [0.05, 0.1) is 7.11 Å². The van der Waals surface area contributed by atoms with Crippen LogP contribution in [0.15, 0.2) is 45.6 Å². The van der Waals surface area contributed by atoms with Gasteiger partial charge in [-0.25, -0.2) is 0 Å². The Balaban J connectivity index is 2.21. The number of benzene rings is 2. The van der Waals surface area contributed by atoms with Gasteiger partial charge in [-0.15, -0.1) is 0 Å². The molecule has 0 saturated carbocycles. The number of carbonyl (C=O) groups excluding carboxylic acids is 3. The molecule has 9 nitrogen and oxygen atoms in total. The van der Waals surface area contributed by atoms with Crippen LogP contribution < -0.4 is 24.4 Å². The first-order chi connectivity index (χ1) is 14.7. The summed E-state index contributed by atoms with van der Waals surface area (Å²) in [5.74, 6) is -1.78. The van der Waals surface area contributed by atoms with Crippen molar-refractivity contribution in [3.63, 3.8) is 0 Å². The number of methoxy groups -OCH3 is 1. The minimum absolute atomic E-state index is 0.0319. The lowest BCUT2D eigenvalue weighted by Gasteiger charge is -2.15. The zero-order valence-electron chi connectivity index (χ0n) is 17.1. The van der Waals surface area contributed by atoms with Gasteiger partial charge in [0.15, 0.2) is 16.9 Å². The minimum atomic E-state index is -0.729. The Hall–Kier alpha value is -4.14. The van der Waals surface area contributed by atoms with Crippen LogP contribution in [0.4, 0.5) is 0 Å². The monoisotopic (exact) mass is 426 g/mol. The van der Waals surface area contributed by atoms with Gasteiger partial charge in [-0.3, -0.25) is 19.2 Å². The van der Waals surface area contributed by atoms with E-state index in [1.165, 1.54) is 26.2 Å². The van der Waals surface area contributed by atoms with E-state index < -0.39 is 23.3 Å². The summed E-state index contributed by atoms with van der Waals surface area (Å²) in [4.78, 5) is 47.1. The van der Waals surface area contributed by atoms with E-state index in [4.69, 9.17) is 23.4 Å². The molecule has 0 atom stereocenters. The Kier molecular flexibility index (Phi) is 6.05. The zero-order valence-corrected chi connectivity index (χ0v) is 17.1. The van der Waals surface area contributed by atoms with Crippen molar-refractivity contribution in [2.45, 2.75) is 20.8 Å². The Labute approximate surface area is 176 Å². The summed E-state index contributed by atoms with van der Waals surface area (Å²) in [6.07, 6.45) is 0. The Morgan fingerprint density at radius 3 is 1.94 bits per heavy atom. The van der Waals surface area contributed by atoms with Gasteiger partial charge >= 0.3 is 17.9 Å². The molecule has 0 bridgehead atoms. The molecule has 0 radical (unpaired) electrons. The second-order valence-electron chi connectivity index (χ2n) is 6.39. The highest BCUT2D eigenvalue weighted by Gasteiger charge is 2.24. The average molecular weight is 426 g/mol. The molecule has 160 valence electrons. The number of hydrogen-bond acceptors (Lipinski definition) is 9. The van der Waals surface area contributed by atoms with Crippen molar-refractivity contribution < 1.29 is 37.7 Å². The second-order valence-corrected chi connectivity index (χ2v) is 6.39. The summed E-state index contributed by atoms with van der Waals surface area (Å²) >= 11 is 0. The fraction of sp³-hybridized carbons (Fsp3) is 0.182. The van der Waals surface area contributed by atoms with E-state index in [0.717, 1.165) is 13.8 Å². The first kappa shape index (κ1) is 21.6. The highest BCUT2D eigenvalue weighted by molar-refractivity contribution is 5.93. The SMILES string of the molecule is COc1cc2oc(-c3ccc(OC(C)=O)cc3)cc(=O)c2c(OC(C)=O)c1OC(C)=O. The van der Waals surface area contributed by atoms with Gasteiger partial charge in [-0.2, -0.15) is 0 Å². The molecule has 0 aliphatic carbocycles. The van der Waals surface area contributed by atoms with Crippen molar-refractivity contribution in [1.82, 2.24) is 0 Å². The molecular formula is C22H18O9. The molecule has 0 aliphatic heterocycles. The van der Waals surface area contributed by atoms with Gasteiger partial charge in [0.25, 0.3) is 0 Å². The maximum atomic E-state index is 12.9. The normalized spacial score (nSPS) is 10.5. The van der Waals surface area contributed by atoms with E-state index in [1.807, 2.05) is 0 Å². The molecule has 0 fully saturated rings. The largest absolute Gasteiger partial charge is 0.493 e. The average Bonchev–Trinajstić information content (AvgIpc) is 2.68. The van der Waals surface area contributed by atoms with Crippen molar-refractivity contribution in [2.75, 3.05) is 7.11 Å². The lowest BCUT2D eigenvalue weighted by Crippen LogP contribution is -2.12. The van der Waals surface area contributed by atoms with Gasteiger partial charge in [0, 0.05) is 38.5 Å². The first-order valence-corrected chi connectivity index (χ1v) is 9.04. The molecule has 0 aliphatic rings. The van der Waals surface area contributed by atoms with Gasteiger partial charge in [0.1, 0.15) is 22.5 Å². The second kappa shape index (κ2) is 8.70. The number of hydrogen-bond donors (Lipinski definition) is 0. The highest BCUT2D eigenvalue weighted by Crippen LogP contribution is 2.43. The number of carbonyl (C=O) groups is 3. The zero-order chi connectivity index (χ0) is 22.7. The maximum absolute atomic E-state index is 12.9. The van der Waals surface area contributed by atoms with Gasteiger partial charge in [-0.1, -0.05) is 0 Å². The fourth-order valence-electron chi connectivity index (χ4n) is 2.88. The van der Waals surface area contributed by atoms with Crippen molar-refractivity contribution in [2.24, 2.45) is 0 Å². The molecule has 9 heteroatoms. The molecule has 0 N–H and O–H groups in total. The van der Waals surface area contributed by atoms with Gasteiger partial charge < -0.3 is 23.4 Å². The van der Waals surface area contributed by atoms with Crippen molar-refractivity contribution in [1.29, 1.82) is 0 Å². The van der Waals surface area contributed by atoms with Crippen LogP contribution in [0.1, 0.15) is 20.8 Å². The molecule has 1 heterocycles. The van der Waals surface area contributed by atoms with Crippen LogP contribution in [0.25, 0.3) is 22.3 Å². The smallest absolute Gasteiger partial charge is 0.308 e. The molecule has 3 rings (SSSR count). The summed E-state index contributed by atoms with van der Waals surface area (Å²) < 4.78 is 26.4. The lowest BCUT2D eigenvalue weighted by atomic mass is 10.1. The molecular weight excluding hydrogens is 408 g/mol. The number of rotatable bonds is 5. The number of ether oxygens (including phenoxy) is 4. The van der Waals surface area contributed by atoms with Gasteiger partial charge in [0.2, 0.25) is 5.75 Å². The number of fused-ring (bicyclic) bond motifs is 1. The van der Waals surface area contributed by atoms with E-state index in [-0.39, 0.29) is 34.0 Å². The Bertz CT molecular complexity index is 1240. The van der Waals surface area contributed by atoms with Crippen LogP contribution in [-0.2, 0) is 14.4 Å². The van der Waals surface area contributed by atoms with Crippen LogP contribution in [0.2, 0.25) is 0 Å². The van der Waals surface area contributed by atoms with Gasteiger partial charge in [-0.05, 0) is 24.3 Å². The summed E-state index contributed by atoms with van der Waals surface area (Å²) in [6, 6.07) is 8.89. The first-order valence-electron chi connectivity index (χ1n) is 9.04. The molecule has 31 heavy (non-hydrogen) atoms. The summed E-state index contributed by atoms with van der Waals surface area (Å²) in [5, 5.41) is -0.0902. The highest BCUT2D eigenvalue weighted by atomic mass is 16.6. The van der Waals surface area contributed by atoms with Crippen molar-refractivity contribution in [3.05, 3.63) is 46.6 Å². The fourth-order valence-corrected chi connectivity index (χ4v) is 2.88. The summed E-state index contributed by atoms with van der Waals surface area (Å²) in [7, 11) is 1.32. The molecule has 1 aromatic heterocycles. The summed E-state index contributed by atoms with van der Waals surface area (Å²) in [6.45, 7) is 3.59. The maximum Gasteiger partial charge on any atom is 0.308 e. The Morgan fingerprint density at radius 1 is 0.806 bits per heavy atom. The predicted octanol–water partition coefficient (Wildman–Crippen LogP) is 3.24. The predicted molar refractivity (Wildman–Crippen MR) is 108 cm³/mol. The molecule has 0 unspecified atom stereocenters. The third-order valence-corrected chi connectivity index (χ3v) is 4.01. The Morgan fingerprint density at radius 2 is 1.39 bits per heavy atom. The third kappa shape index (κ3) is 4.72. The van der Waals surface area contributed by atoms with Crippen molar-refractivity contribution in [3.8, 4) is 34.3 Å². The number of esters is 3. The van der Waals surface area contributed by atoms with Crippen molar-refractivity contribution >= 4 is 28.9 Å². The van der Waals surface area contributed by atoms with E-state index in [0.29, 0.717) is 11.3 Å². The van der Waals surface area contributed by atoms with Crippen LogP contribution in [0.5, 0.6) is 23.0 Å². The van der Waals surface area contributed by atoms with E-state index in [1.54, 1.807) is 24.3 Å². The van der Waals surface area contributed by atoms with E-state index >= 15 is 0 Å². The van der Waals surface area contributed by atoms with E-state index in [2.05, 4.69) is 0 Å². The molecule has 3 aromatic rings. The third-order valence-electron chi connectivity index (χ3n) is 4.01. The quantitative estimate of drug-likeness (QED) is 0.447. The molecule has 0 saturated heterocycles. The van der Waals surface area contributed by atoms with Crippen LogP contribution in [0, 0.1) is 0 Å². The lowest BCUT2D eigenvalue weighted by molar-refractivity contribution is -0.134. The van der Waals surface area contributed by atoms with Crippen LogP contribution in [0.3, 0.4) is 0 Å². The van der Waals surface area contributed by atoms with E-state index in [9.17, 15) is 19.2 Å². The molecule has 2 aromatic carbocycles. The molecule has 0 amide bonds. The minimum Gasteiger partial charge on any atom is -0.493 e. The summed E-state index contributed by atoms with van der Waals surface area (Å²) in [5.41, 5.74) is 0.0511.